The van der Waals surface area contributed by atoms with E-state index in [0.29, 0.717) is 16.9 Å². The van der Waals surface area contributed by atoms with Gasteiger partial charge in [-0.15, -0.1) is 4.91 Å². The van der Waals surface area contributed by atoms with Crippen LogP contribution in [0.4, 0.5) is 15.8 Å². The van der Waals surface area contributed by atoms with E-state index in [4.69, 9.17) is 9.47 Å². The van der Waals surface area contributed by atoms with Crippen molar-refractivity contribution in [2.24, 2.45) is 5.18 Å². The van der Waals surface area contributed by atoms with Gasteiger partial charge < -0.3 is 19.1 Å². The van der Waals surface area contributed by atoms with E-state index in [1.807, 2.05) is 0 Å². The number of aromatic nitrogens is 1. The van der Waals surface area contributed by atoms with Gasteiger partial charge in [-0.3, -0.25) is 10.1 Å². The zero-order valence-electron chi connectivity index (χ0n) is 13.7. The van der Waals surface area contributed by atoms with Gasteiger partial charge in [-0.05, 0) is 23.4 Å². The fraction of sp³-hybridized carbons (Fsp3) is 0.176. The molecular weight excluding hydrogens is 361 g/mol. The van der Waals surface area contributed by atoms with Gasteiger partial charge in [-0.2, -0.15) is 0 Å². The fourth-order valence-corrected chi connectivity index (χ4v) is 3.21. The predicted molar refractivity (Wildman–Crippen MR) is 91.5 cm³/mol. The SMILES string of the molecule is O=Nc1c(O)n(Cc2cc(F)cc3c2OCOC3)c2cc([N+](=O)[O-])ccc12. The lowest BCUT2D eigenvalue weighted by atomic mass is 10.1. The smallest absolute Gasteiger partial charge is 0.271 e. The number of rotatable bonds is 4. The van der Waals surface area contributed by atoms with Gasteiger partial charge >= 0.3 is 0 Å². The summed E-state index contributed by atoms with van der Waals surface area (Å²) in [6.45, 7) is 0.0842. The van der Waals surface area contributed by atoms with Crippen LogP contribution in [0.3, 0.4) is 0 Å². The molecule has 0 spiro atoms. The molecule has 1 aromatic heterocycles. The van der Waals surface area contributed by atoms with Crippen molar-refractivity contribution in [3.8, 4) is 11.6 Å². The number of non-ortho nitro benzene ring substituents is 1. The van der Waals surface area contributed by atoms with E-state index >= 15 is 0 Å². The van der Waals surface area contributed by atoms with Crippen molar-refractivity contribution in [2.45, 2.75) is 13.2 Å². The van der Waals surface area contributed by atoms with E-state index in [1.54, 1.807) is 0 Å². The molecule has 27 heavy (non-hydrogen) atoms. The first-order chi connectivity index (χ1) is 13.0. The molecule has 1 aliphatic heterocycles. The Labute approximate surface area is 150 Å². The summed E-state index contributed by atoms with van der Waals surface area (Å²) >= 11 is 0. The summed E-state index contributed by atoms with van der Waals surface area (Å²) < 4.78 is 25.8. The summed E-state index contributed by atoms with van der Waals surface area (Å²) in [5.74, 6) is -0.575. The van der Waals surface area contributed by atoms with E-state index in [0.717, 1.165) is 0 Å². The van der Waals surface area contributed by atoms with Crippen molar-refractivity contribution in [2.75, 3.05) is 6.79 Å². The number of fused-ring (bicyclic) bond motifs is 2. The Morgan fingerprint density at radius 3 is 2.89 bits per heavy atom. The average Bonchev–Trinajstić information content (AvgIpc) is 2.92. The van der Waals surface area contributed by atoms with E-state index in [2.05, 4.69) is 5.18 Å². The topological polar surface area (TPSA) is 116 Å². The number of hydrogen-bond acceptors (Lipinski definition) is 7. The van der Waals surface area contributed by atoms with Crippen molar-refractivity contribution >= 4 is 22.3 Å². The van der Waals surface area contributed by atoms with Gasteiger partial charge in [0.05, 0.1) is 23.6 Å². The lowest BCUT2D eigenvalue weighted by molar-refractivity contribution is -0.384. The maximum atomic E-state index is 14.0. The Hall–Kier alpha value is -3.53. The van der Waals surface area contributed by atoms with Crippen LogP contribution in [0.25, 0.3) is 10.9 Å². The third-order valence-corrected chi connectivity index (χ3v) is 4.38. The standard InChI is InChI=1S/C17H12FN3O6/c18-11-3-9(16-10(4-11)7-26-8-27-16)6-20-14-5-12(21(24)25)1-2-13(14)15(19-23)17(20)22/h1-5,22H,6-8H2. The number of ether oxygens (including phenoxy) is 2. The first kappa shape index (κ1) is 16.9. The number of nitroso groups, excluding NO2 is 1. The summed E-state index contributed by atoms with van der Waals surface area (Å²) in [4.78, 5) is 21.6. The van der Waals surface area contributed by atoms with Crippen LogP contribution in [0.5, 0.6) is 11.6 Å². The highest BCUT2D eigenvalue weighted by molar-refractivity contribution is 5.96. The minimum Gasteiger partial charge on any atom is -0.493 e. The molecule has 0 fully saturated rings. The Kier molecular flexibility index (Phi) is 3.96. The van der Waals surface area contributed by atoms with Gasteiger partial charge in [0.15, 0.2) is 12.5 Å². The molecule has 138 valence electrons. The molecule has 9 nitrogen and oxygen atoms in total. The zero-order chi connectivity index (χ0) is 19.1. The number of aromatic hydroxyl groups is 1. The van der Waals surface area contributed by atoms with Gasteiger partial charge in [-0.1, -0.05) is 0 Å². The van der Waals surface area contributed by atoms with E-state index in [-0.39, 0.29) is 42.2 Å². The Bertz CT molecular complexity index is 1090. The molecule has 0 saturated carbocycles. The van der Waals surface area contributed by atoms with Crippen molar-refractivity contribution < 1.29 is 23.9 Å². The van der Waals surface area contributed by atoms with Crippen molar-refractivity contribution in [1.29, 1.82) is 0 Å². The second kappa shape index (κ2) is 6.32. The molecule has 3 aromatic rings. The second-order valence-electron chi connectivity index (χ2n) is 5.97. The lowest BCUT2D eigenvalue weighted by Gasteiger charge is -2.21. The largest absolute Gasteiger partial charge is 0.493 e. The van der Waals surface area contributed by atoms with Crippen LogP contribution >= 0.6 is 0 Å². The van der Waals surface area contributed by atoms with Gasteiger partial charge in [0.1, 0.15) is 11.6 Å². The molecule has 0 saturated heterocycles. The highest BCUT2D eigenvalue weighted by Gasteiger charge is 2.23. The highest BCUT2D eigenvalue weighted by atomic mass is 19.1. The molecule has 4 rings (SSSR count). The quantitative estimate of drug-likeness (QED) is 0.423. The van der Waals surface area contributed by atoms with Crippen molar-refractivity contribution in [1.82, 2.24) is 4.57 Å². The normalized spacial score (nSPS) is 13.2. The molecule has 0 atom stereocenters. The third kappa shape index (κ3) is 2.75. The summed E-state index contributed by atoms with van der Waals surface area (Å²) in [5, 5.41) is 24.6. The average molecular weight is 373 g/mol. The maximum Gasteiger partial charge on any atom is 0.271 e. The monoisotopic (exact) mass is 373 g/mol. The van der Waals surface area contributed by atoms with Gasteiger partial charge in [0.25, 0.3) is 5.69 Å². The fourth-order valence-electron chi connectivity index (χ4n) is 3.21. The number of nitro benzene ring substituents is 1. The number of halogens is 1. The number of nitro groups is 1. The Morgan fingerprint density at radius 2 is 2.15 bits per heavy atom. The van der Waals surface area contributed by atoms with E-state index in [1.165, 1.54) is 34.9 Å². The van der Waals surface area contributed by atoms with Crippen LogP contribution in [-0.2, 0) is 17.9 Å². The molecule has 0 radical (unpaired) electrons. The van der Waals surface area contributed by atoms with Crippen LogP contribution in [0.1, 0.15) is 11.1 Å². The number of nitrogens with zero attached hydrogens (tertiary/aromatic N) is 3. The van der Waals surface area contributed by atoms with E-state index in [9.17, 15) is 24.5 Å². The zero-order valence-corrected chi connectivity index (χ0v) is 13.7. The lowest BCUT2D eigenvalue weighted by Crippen LogP contribution is -2.14. The molecule has 2 aromatic carbocycles. The van der Waals surface area contributed by atoms with Crippen LogP contribution in [0.2, 0.25) is 0 Å². The number of hydrogen-bond donors (Lipinski definition) is 1. The molecule has 1 N–H and O–H groups in total. The minimum atomic E-state index is -0.591. The summed E-state index contributed by atoms with van der Waals surface area (Å²) in [6.07, 6.45) is 0. The van der Waals surface area contributed by atoms with Gasteiger partial charge in [0.2, 0.25) is 5.88 Å². The molecule has 0 unspecified atom stereocenters. The molecule has 0 bridgehead atoms. The third-order valence-electron chi connectivity index (χ3n) is 4.38. The molecule has 0 aliphatic carbocycles. The minimum absolute atomic E-state index is 0.00332. The summed E-state index contributed by atoms with van der Waals surface area (Å²) in [6, 6.07) is 6.30. The molecular formula is C17H12FN3O6. The first-order valence-corrected chi connectivity index (χ1v) is 7.84. The molecule has 10 heteroatoms. The summed E-state index contributed by atoms with van der Waals surface area (Å²) in [7, 11) is 0. The van der Waals surface area contributed by atoms with E-state index < -0.39 is 16.6 Å². The van der Waals surface area contributed by atoms with Crippen LogP contribution in [0, 0.1) is 20.8 Å². The Balaban J connectivity index is 1.91. The van der Waals surface area contributed by atoms with Crippen molar-refractivity contribution in [3.63, 3.8) is 0 Å². The predicted octanol–water partition coefficient (Wildman–Crippen LogP) is 3.71. The van der Waals surface area contributed by atoms with Gasteiger partial charge in [-0.25, -0.2) is 4.39 Å². The first-order valence-electron chi connectivity index (χ1n) is 7.84. The molecule has 1 aliphatic rings. The van der Waals surface area contributed by atoms with Crippen LogP contribution < -0.4 is 4.74 Å². The second-order valence-corrected chi connectivity index (χ2v) is 5.97. The summed E-state index contributed by atoms with van der Waals surface area (Å²) in [5.41, 5.74) is 0.664. The Morgan fingerprint density at radius 1 is 1.33 bits per heavy atom. The van der Waals surface area contributed by atoms with Crippen LogP contribution in [-0.4, -0.2) is 21.4 Å². The molecule has 0 amide bonds. The molecule has 2 heterocycles. The maximum absolute atomic E-state index is 14.0. The van der Waals surface area contributed by atoms with Crippen molar-refractivity contribution in [3.05, 3.63) is 62.3 Å². The number of benzene rings is 2. The highest BCUT2D eigenvalue weighted by Crippen LogP contribution is 2.41. The van der Waals surface area contributed by atoms with Crippen LogP contribution in [0.15, 0.2) is 35.5 Å². The van der Waals surface area contributed by atoms with Gasteiger partial charge in [0, 0.05) is 28.6 Å².